The number of carbonyl (C=O) groups is 1. The summed E-state index contributed by atoms with van der Waals surface area (Å²) in [6, 6.07) is 1.43. The number of carboxylic acid groups (broad SMARTS) is 1. The van der Waals surface area contributed by atoms with E-state index in [1.807, 2.05) is 18.7 Å². The smallest absolute Gasteiger partial charge is 0.308 e. The van der Waals surface area contributed by atoms with E-state index >= 15 is 0 Å². The van der Waals surface area contributed by atoms with Gasteiger partial charge >= 0.3 is 5.97 Å². The molecule has 1 aliphatic rings. The van der Waals surface area contributed by atoms with E-state index in [9.17, 15) is 9.59 Å². The molecule has 1 unspecified atom stereocenters. The van der Waals surface area contributed by atoms with Gasteiger partial charge in [-0.2, -0.15) is 0 Å². The molecule has 0 spiro atoms. The summed E-state index contributed by atoms with van der Waals surface area (Å²) in [6.07, 6.45) is 0.598. The van der Waals surface area contributed by atoms with Crippen LogP contribution in [0.2, 0.25) is 0 Å². The minimum Gasteiger partial charge on any atom is -0.481 e. The number of nitrogens with one attached hydrogen (secondary N) is 1. The lowest BCUT2D eigenvalue weighted by Gasteiger charge is -2.17. The maximum absolute atomic E-state index is 11.5. The Morgan fingerprint density at radius 3 is 2.89 bits per heavy atom. The summed E-state index contributed by atoms with van der Waals surface area (Å²) in [4.78, 5) is 31.4. The molecule has 1 aliphatic heterocycles. The summed E-state index contributed by atoms with van der Waals surface area (Å²) in [5, 5.41) is 8.96. The van der Waals surface area contributed by atoms with Crippen molar-refractivity contribution in [3.8, 4) is 0 Å². The minimum absolute atomic E-state index is 0.135. The third kappa shape index (κ3) is 2.52. The van der Waals surface area contributed by atoms with Crippen LogP contribution in [0.1, 0.15) is 32.0 Å². The topological polar surface area (TPSA) is 86.3 Å². The Bertz CT molecular complexity index is 510. The predicted octanol–water partition coefficient (Wildman–Crippen LogP) is 0.804. The van der Waals surface area contributed by atoms with Gasteiger partial charge in [0.2, 0.25) is 0 Å². The van der Waals surface area contributed by atoms with E-state index in [1.54, 1.807) is 0 Å². The van der Waals surface area contributed by atoms with Gasteiger partial charge in [-0.15, -0.1) is 0 Å². The number of hydrogen-bond donors (Lipinski definition) is 2. The van der Waals surface area contributed by atoms with Crippen molar-refractivity contribution in [3.63, 3.8) is 0 Å². The zero-order valence-electron chi connectivity index (χ0n) is 10.5. The van der Waals surface area contributed by atoms with Crippen molar-refractivity contribution < 1.29 is 9.90 Å². The summed E-state index contributed by atoms with van der Waals surface area (Å²) >= 11 is 0. The second-order valence-electron chi connectivity index (χ2n) is 4.91. The number of rotatable bonds is 3. The number of aromatic amines is 1. The minimum atomic E-state index is -0.786. The molecule has 0 aromatic carbocycles. The molecule has 1 atom stereocenters. The van der Waals surface area contributed by atoms with Crippen molar-refractivity contribution in [2.75, 3.05) is 18.0 Å². The van der Waals surface area contributed by atoms with Gasteiger partial charge in [0.15, 0.2) is 0 Å². The van der Waals surface area contributed by atoms with E-state index in [4.69, 9.17) is 5.11 Å². The molecule has 2 N–H and O–H groups in total. The van der Waals surface area contributed by atoms with E-state index in [0.717, 1.165) is 0 Å². The first-order valence-corrected chi connectivity index (χ1v) is 6.06. The number of H-pyrrole nitrogens is 1. The van der Waals surface area contributed by atoms with E-state index in [2.05, 4.69) is 9.97 Å². The molecule has 2 heterocycles. The van der Waals surface area contributed by atoms with E-state index in [1.165, 1.54) is 6.07 Å². The Balaban J connectivity index is 2.24. The molecule has 0 aliphatic carbocycles. The van der Waals surface area contributed by atoms with Gasteiger partial charge < -0.3 is 15.0 Å². The van der Waals surface area contributed by atoms with Crippen LogP contribution < -0.4 is 10.5 Å². The van der Waals surface area contributed by atoms with Crippen LogP contribution >= 0.6 is 0 Å². The largest absolute Gasteiger partial charge is 0.481 e. The Hall–Kier alpha value is -1.85. The highest BCUT2D eigenvalue weighted by Gasteiger charge is 2.29. The average molecular weight is 251 g/mol. The molecule has 1 aromatic rings. The molecule has 98 valence electrons. The lowest BCUT2D eigenvalue weighted by molar-refractivity contribution is -0.140. The monoisotopic (exact) mass is 251 g/mol. The highest BCUT2D eigenvalue weighted by atomic mass is 16.4. The number of hydrogen-bond acceptors (Lipinski definition) is 4. The van der Waals surface area contributed by atoms with Crippen molar-refractivity contribution in [1.29, 1.82) is 0 Å². The molecule has 18 heavy (non-hydrogen) atoms. The fourth-order valence-electron chi connectivity index (χ4n) is 2.07. The normalized spacial score (nSPS) is 19.5. The summed E-state index contributed by atoms with van der Waals surface area (Å²) in [6.45, 7) is 4.95. The first-order chi connectivity index (χ1) is 8.47. The van der Waals surface area contributed by atoms with Gasteiger partial charge in [-0.1, -0.05) is 13.8 Å². The van der Waals surface area contributed by atoms with Gasteiger partial charge in [-0.3, -0.25) is 9.59 Å². The van der Waals surface area contributed by atoms with Crippen molar-refractivity contribution >= 4 is 11.8 Å². The molecule has 0 amide bonds. The van der Waals surface area contributed by atoms with Gasteiger partial charge in [0, 0.05) is 25.1 Å². The number of aliphatic carboxylic acids is 1. The van der Waals surface area contributed by atoms with E-state index in [0.29, 0.717) is 31.2 Å². The maximum Gasteiger partial charge on any atom is 0.308 e. The molecule has 0 bridgehead atoms. The molecule has 6 nitrogen and oxygen atoms in total. The first kappa shape index (κ1) is 12.6. The van der Waals surface area contributed by atoms with Crippen LogP contribution in [0, 0.1) is 5.92 Å². The predicted molar refractivity (Wildman–Crippen MR) is 66.9 cm³/mol. The summed E-state index contributed by atoms with van der Waals surface area (Å²) in [5.41, 5.74) is -0.192. The number of aromatic nitrogens is 2. The standard InChI is InChI=1S/C12H17N3O3/c1-7(2)11-13-9(5-10(16)14-11)15-4-3-8(6-15)12(17)18/h5,7-8H,3-4,6H2,1-2H3,(H,17,18)(H,13,14,16). The van der Waals surface area contributed by atoms with Gasteiger partial charge in [0.1, 0.15) is 11.6 Å². The van der Waals surface area contributed by atoms with Crippen LogP contribution in [0.4, 0.5) is 5.82 Å². The first-order valence-electron chi connectivity index (χ1n) is 6.06. The zero-order valence-corrected chi connectivity index (χ0v) is 10.5. The van der Waals surface area contributed by atoms with Crippen LogP contribution in [0.25, 0.3) is 0 Å². The molecule has 1 fully saturated rings. The van der Waals surface area contributed by atoms with E-state index < -0.39 is 5.97 Å². The molecule has 2 rings (SSSR count). The Kier molecular flexibility index (Phi) is 3.36. The van der Waals surface area contributed by atoms with Crippen molar-refractivity contribution in [2.24, 2.45) is 5.92 Å². The third-order valence-corrected chi connectivity index (χ3v) is 3.15. The molecule has 6 heteroatoms. The van der Waals surface area contributed by atoms with Gasteiger partial charge in [0.05, 0.1) is 5.92 Å². The Morgan fingerprint density at radius 1 is 1.61 bits per heavy atom. The highest BCUT2D eigenvalue weighted by molar-refractivity contribution is 5.71. The Morgan fingerprint density at radius 2 is 2.33 bits per heavy atom. The summed E-state index contributed by atoms with van der Waals surface area (Å²) in [5.74, 6) is 0.193. The Labute approximate surface area is 105 Å². The third-order valence-electron chi connectivity index (χ3n) is 3.15. The van der Waals surface area contributed by atoms with E-state index in [-0.39, 0.29) is 17.4 Å². The molecular formula is C12H17N3O3. The fourth-order valence-corrected chi connectivity index (χ4v) is 2.07. The molecule has 1 aromatic heterocycles. The van der Waals surface area contributed by atoms with Crippen molar-refractivity contribution in [1.82, 2.24) is 9.97 Å². The zero-order chi connectivity index (χ0) is 13.3. The molecule has 0 saturated carbocycles. The van der Waals surface area contributed by atoms with Crippen LogP contribution in [0.15, 0.2) is 10.9 Å². The van der Waals surface area contributed by atoms with Crippen LogP contribution in [-0.4, -0.2) is 34.1 Å². The highest BCUT2D eigenvalue weighted by Crippen LogP contribution is 2.22. The van der Waals surface area contributed by atoms with Crippen LogP contribution in [0.5, 0.6) is 0 Å². The van der Waals surface area contributed by atoms with Gasteiger partial charge in [-0.05, 0) is 6.42 Å². The van der Waals surface area contributed by atoms with Gasteiger partial charge in [0.25, 0.3) is 5.56 Å². The fraction of sp³-hybridized carbons (Fsp3) is 0.583. The average Bonchev–Trinajstić information content (AvgIpc) is 2.77. The second-order valence-corrected chi connectivity index (χ2v) is 4.91. The summed E-state index contributed by atoms with van der Waals surface area (Å²) < 4.78 is 0. The second kappa shape index (κ2) is 4.80. The lowest BCUT2D eigenvalue weighted by atomic mass is 10.1. The molecule has 0 radical (unpaired) electrons. The van der Waals surface area contributed by atoms with Crippen molar-refractivity contribution in [3.05, 3.63) is 22.2 Å². The molecule has 1 saturated heterocycles. The quantitative estimate of drug-likeness (QED) is 0.830. The number of anilines is 1. The van der Waals surface area contributed by atoms with Crippen molar-refractivity contribution in [2.45, 2.75) is 26.2 Å². The number of nitrogens with zero attached hydrogens (tertiary/aromatic N) is 2. The molecular weight excluding hydrogens is 234 g/mol. The van der Waals surface area contributed by atoms with Crippen LogP contribution in [-0.2, 0) is 4.79 Å². The number of carboxylic acids is 1. The summed E-state index contributed by atoms with van der Waals surface area (Å²) in [7, 11) is 0. The SMILES string of the molecule is CC(C)c1nc(N2CCC(C(=O)O)C2)cc(=O)[nH]1. The van der Waals surface area contributed by atoms with Gasteiger partial charge in [-0.25, -0.2) is 4.98 Å². The van der Waals surface area contributed by atoms with Crippen LogP contribution in [0.3, 0.4) is 0 Å². The maximum atomic E-state index is 11.5. The lowest BCUT2D eigenvalue weighted by Crippen LogP contribution is -2.26.